The fourth-order valence-electron chi connectivity index (χ4n) is 2.17. The number of aliphatic hydroxyl groups is 1. The lowest BCUT2D eigenvalue weighted by molar-refractivity contribution is -0.0819. The molecule has 2 rings (SSSR count). The van der Waals surface area contributed by atoms with Crippen LogP contribution in [0.3, 0.4) is 0 Å². The van der Waals surface area contributed by atoms with Crippen LogP contribution in [-0.4, -0.2) is 30.0 Å². The Balaban J connectivity index is 2.17. The van der Waals surface area contributed by atoms with Crippen molar-refractivity contribution >= 4 is 5.69 Å². The van der Waals surface area contributed by atoms with E-state index in [1.54, 1.807) is 7.11 Å². The third-order valence-electron chi connectivity index (χ3n) is 3.65. The van der Waals surface area contributed by atoms with Gasteiger partial charge in [0.25, 0.3) is 0 Å². The molecular formula is C13H19NO2. The number of rotatable bonds is 3. The maximum absolute atomic E-state index is 10.5. The van der Waals surface area contributed by atoms with E-state index in [1.807, 2.05) is 32.0 Å². The minimum atomic E-state index is -0.867. The first-order valence-corrected chi connectivity index (χ1v) is 5.65. The second-order valence-corrected chi connectivity index (χ2v) is 4.66. The van der Waals surface area contributed by atoms with Crippen molar-refractivity contribution in [2.45, 2.75) is 38.0 Å². The van der Waals surface area contributed by atoms with Gasteiger partial charge in [0.1, 0.15) is 5.60 Å². The van der Waals surface area contributed by atoms with Gasteiger partial charge in [0.05, 0.1) is 12.1 Å². The second-order valence-electron chi connectivity index (χ2n) is 4.66. The van der Waals surface area contributed by atoms with Gasteiger partial charge in [0.15, 0.2) is 0 Å². The molecule has 2 N–H and O–H groups in total. The Hall–Kier alpha value is -1.06. The van der Waals surface area contributed by atoms with E-state index in [4.69, 9.17) is 4.74 Å². The molecule has 3 atom stereocenters. The first-order chi connectivity index (χ1) is 7.55. The summed E-state index contributed by atoms with van der Waals surface area (Å²) in [6.07, 6.45) is 0.649. The first kappa shape index (κ1) is 11.4. The highest BCUT2D eigenvalue weighted by Crippen LogP contribution is 2.32. The van der Waals surface area contributed by atoms with Crippen molar-refractivity contribution in [3.8, 4) is 0 Å². The highest BCUT2D eigenvalue weighted by atomic mass is 16.5. The number of ether oxygens (including phenoxy) is 1. The molecule has 1 aromatic carbocycles. The van der Waals surface area contributed by atoms with E-state index in [0.29, 0.717) is 0 Å². The average Bonchev–Trinajstić information content (AvgIpc) is 2.72. The van der Waals surface area contributed by atoms with Crippen molar-refractivity contribution in [1.82, 2.24) is 0 Å². The molecule has 1 aromatic rings. The summed E-state index contributed by atoms with van der Waals surface area (Å²) in [6, 6.07) is 8.18. The SMILES string of the molecule is COC(C)C(C)(O)C1Cc2ccccc2N1. The van der Waals surface area contributed by atoms with Gasteiger partial charge in [-0.15, -0.1) is 0 Å². The van der Waals surface area contributed by atoms with E-state index in [-0.39, 0.29) is 12.1 Å². The topological polar surface area (TPSA) is 41.5 Å². The summed E-state index contributed by atoms with van der Waals surface area (Å²) >= 11 is 0. The molecule has 3 heteroatoms. The van der Waals surface area contributed by atoms with Crippen LogP contribution in [-0.2, 0) is 11.2 Å². The fraction of sp³-hybridized carbons (Fsp3) is 0.538. The van der Waals surface area contributed by atoms with Crippen molar-refractivity contribution < 1.29 is 9.84 Å². The van der Waals surface area contributed by atoms with Crippen molar-refractivity contribution in [3.63, 3.8) is 0 Å². The molecule has 1 aliphatic heterocycles. The maximum atomic E-state index is 10.5. The summed E-state index contributed by atoms with van der Waals surface area (Å²) in [6.45, 7) is 3.72. The summed E-state index contributed by atoms with van der Waals surface area (Å²) in [7, 11) is 1.63. The van der Waals surface area contributed by atoms with Gasteiger partial charge in [0, 0.05) is 12.8 Å². The van der Waals surface area contributed by atoms with E-state index in [9.17, 15) is 5.11 Å². The Morgan fingerprint density at radius 3 is 2.81 bits per heavy atom. The molecule has 0 fully saturated rings. The largest absolute Gasteiger partial charge is 0.385 e. The Morgan fingerprint density at radius 1 is 1.50 bits per heavy atom. The quantitative estimate of drug-likeness (QED) is 0.818. The molecule has 88 valence electrons. The normalized spacial score (nSPS) is 24.4. The molecule has 1 aliphatic rings. The maximum Gasteiger partial charge on any atom is 0.108 e. The first-order valence-electron chi connectivity index (χ1n) is 5.65. The number of fused-ring (bicyclic) bond motifs is 1. The van der Waals surface area contributed by atoms with Gasteiger partial charge in [0.2, 0.25) is 0 Å². The fourth-order valence-corrected chi connectivity index (χ4v) is 2.17. The number of anilines is 1. The predicted molar refractivity (Wildman–Crippen MR) is 64.7 cm³/mol. The summed E-state index contributed by atoms with van der Waals surface area (Å²) in [5, 5.41) is 13.8. The standard InChI is InChI=1S/C13H19NO2/c1-9(16-3)13(2,15)12-8-10-6-4-5-7-11(10)14-12/h4-7,9,12,14-15H,8H2,1-3H3. The van der Waals surface area contributed by atoms with Gasteiger partial charge in [-0.2, -0.15) is 0 Å². The van der Waals surface area contributed by atoms with E-state index >= 15 is 0 Å². The molecule has 1 heterocycles. The minimum absolute atomic E-state index is 0.0137. The highest BCUT2D eigenvalue weighted by Gasteiger charge is 2.40. The molecule has 16 heavy (non-hydrogen) atoms. The molecule has 0 bridgehead atoms. The van der Waals surface area contributed by atoms with Gasteiger partial charge in [-0.3, -0.25) is 0 Å². The minimum Gasteiger partial charge on any atom is -0.385 e. The predicted octanol–water partition coefficient (Wildman–Crippen LogP) is 1.81. The summed E-state index contributed by atoms with van der Waals surface area (Å²) in [5.41, 5.74) is 1.51. The molecule has 0 aliphatic carbocycles. The Bertz CT molecular complexity index is 351. The van der Waals surface area contributed by atoms with Gasteiger partial charge in [-0.1, -0.05) is 18.2 Å². The van der Waals surface area contributed by atoms with E-state index in [0.717, 1.165) is 12.1 Å². The molecule has 0 aromatic heterocycles. The zero-order chi connectivity index (χ0) is 11.8. The zero-order valence-corrected chi connectivity index (χ0v) is 10.0. The number of hydrogen-bond donors (Lipinski definition) is 2. The van der Waals surface area contributed by atoms with Crippen LogP contribution in [0.2, 0.25) is 0 Å². The van der Waals surface area contributed by atoms with E-state index < -0.39 is 5.60 Å². The van der Waals surface area contributed by atoms with Gasteiger partial charge in [-0.05, 0) is 31.9 Å². The molecule has 3 nitrogen and oxygen atoms in total. The Morgan fingerprint density at radius 2 is 2.19 bits per heavy atom. The van der Waals surface area contributed by atoms with E-state index in [2.05, 4.69) is 11.4 Å². The monoisotopic (exact) mass is 221 g/mol. The van der Waals surface area contributed by atoms with Crippen LogP contribution < -0.4 is 5.32 Å². The third-order valence-corrected chi connectivity index (χ3v) is 3.65. The Labute approximate surface area is 96.4 Å². The summed E-state index contributed by atoms with van der Waals surface area (Å²) < 4.78 is 5.24. The van der Waals surface area contributed by atoms with Gasteiger partial charge < -0.3 is 15.2 Å². The third kappa shape index (κ3) is 1.81. The lowest BCUT2D eigenvalue weighted by Gasteiger charge is -2.35. The van der Waals surface area contributed by atoms with Crippen molar-refractivity contribution in [1.29, 1.82) is 0 Å². The number of benzene rings is 1. The Kier molecular flexibility index (Phi) is 2.91. The highest BCUT2D eigenvalue weighted by molar-refractivity contribution is 5.57. The number of methoxy groups -OCH3 is 1. The zero-order valence-electron chi connectivity index (χ0n) is 10.0. The second kappa shape index (κ2) is 4.07. The number of hydrogen-bond acceptors (Lipinski definition) is 3. The summed E-state index contributed by atoms with van der Waals surface area (Å²) in [4.78, 5) is 0. The van der Waals surface area contributed by atoms with Crippen LogP contribution in [0.5, 0.6) is 0 Å². The van der Waals surface area contributed by atoms with Crippen molar-refractivity contribution in [2.24, 2.45) is 0 Å². The van der Waals surface area contributed by atoms with Crippen LogP contribution in [0.1, 0.15) is 19.4 Å². The number of nitrogens with one attached hydrogen (secondary N) is 1. The molecule has 0 radical (unpaired) electrons. The van der Waals surface area contributed by atoms with Crippen LogP contribution in [0.25, 0.3) is 0 Å². The lowest BCUT2D eigenvalue weighted by Crippen LogP contribution is -2.52. The van der Waals surface area contributed by atoms with E-state index in [1.165, 1.54) is 5.56 Å². The molecule has 0 spiro atoms. The van der Waals surface area contributed by atoms with Gasteiger partial charge in [-0.25, -0.2) is 0 Å². The molecular weight excluding hydrogens is 202 g/mol. The van der Waals surface area contributed by atoms with Crippen LogP contribution in [0.15, 0.2) is 24.3 Å². The van der Waals surface area contributed by atoms with Crippen molar-refractivity contribution in [2.75, 3.05) is 12.4 Å². The molecule has 0 saturated heterocycles. The van der Waals surface area contributed by atoms with Crippen LogP contribution >= 0.6 is 0 Å². The molecule has 0 saturated carbocycles. The number of para-hydroxylation sites is 1. The van der Waals surface area contributed by atoms with Crippen LogP contribution in [0, 0.1) is 0 Å². The van der Waals surface area contributed by atoms with Crippen molar-refractivity contribution in [3.05, 3.63) is 29.8 Å². The smallest absolute Gasteiger partial charge is 0.108 e. The van der Waals surface area contributed by atoms with Crippen LogP contribution in [0.4, 0.5) is 5.69 Å². The van der Waals surface area contributed by atoms with Gasteiger partial charge >= 0.3 is 0 Å². The molecule has 0 amide bonds. The summed E-state index contributed by atoms with van der Waals surface area (Å²) in [5.74, 6) is 0. The lowest BCUT2D eigenvalue weighted by atomic mass is 9.89. The molecule has 3 unspecified atom stereocenters. The average molecular weight is 221 g/mol.